The predicted octanol–water partition coefficient (Wildman–Crippen LogP) is 2.65. The van der Waals surface area contributed by atoms with Crippen LogP contribution in [0.5, 0.6) is 0 Å². The second-order valence-electron chi connectivity index (χ2n) is 3.59. The third kappa shape index (κ3) is 2.14. The summed E-state index contributed by atoms with van der Waals surface area (Å²) in [5, 5.41) is 8.77. The van der Waals surface area contributed by atoms with Gasteiger partial charge < -0.3 is 0 Å². The van der Waals surface area contributed by atoms with Gasteiger partial charge >= 0.3 is 0 Å². The summed E-state index contributed by atoms with van der Waals surface area (Å²) in [6, 6.07) is 10.3. The number of benzene rings is 1. The minimum absolute atomic E-state index is 0.788. The van der Waals surface area contributed by atoms with Gasteiger partial charge in [-0.3, -0.25) is 5.10 Å². The van der Waals surface area contributed by atoms with Gasteiger partial charge in [-0.15, -0.1) is 11.8 Å². The van der Waals surface area contributed by atoms with Crippen LogP contribution in [0.4, 0.5) is 0 Å². The first-order valence-electron chi connectivity index (χ1n) is 5.24. The van der Waals surface area contributed by atoms with Gasteiger partial charge in [-0.05, 0) is 5.56 Å². The minimum atomic E-state index is 0.788. The van der Waals surface area contributed by atoms with Crippen molar-refractivity contribution in [2.45, 2.75) is 10.8 Å². The van der Waals surface area contributed by atoms with E-state index in [-0.39, 0.29) is 0 Å². The van der Waals surface area contributed by atoms with E-state index in [1.54, 1.807) is 24.3 Å². The Morgan fingerprint density at radius 1 is 1.12 bits per heavy atom. The van der Waals surface area contributed by atoms with E-state index in [1.807, 2.05) is 18.2 Å². The van der Waals surface area contributed by atoms with Gasteiger partial charge in [0.15, 0.2) is 5.65 Å². The molecule has 0 atom stereocenters. The lowest BCUT2D eigenvalue weighted by molar-refractivity contribution is 1.07. The lowest BCUT2D eigenvalue weighted by Gasteiger charge is -2.01. The van der Waals surface area contributed by atoms with Crippen LogP contribution in [0.2, 0.25) is 0 Å². The molecule has 0 amide bonds. The molecule has 0 unspecified atom stereocenters. The van der Waals surface area contributed by atoms with Crippen LogP contribution in [0.3, 0.4) is 0 Å². The van der Waals surface area contributed by atoms with Gasteiger partial charge in [0.1, 0.15) is 11.4 Å². The first-order chi connectivity index (χ1) is 8.43. The van der Waals surface area contributed by atoms with E-state index >= 15 is 0 Å². The van der Waals surface area contributed by atoms with E-state index in [9.17, 15) is 0 Å². The molecule has 17 heavy (non-hydrogen) atoms. The molecule has 0 aliphatic rings. The summed E-state index contributed by atoms with van der Waals surface area (Å²) >= 11 is 1.70. The number of nitrogens with zero attached hydrogens (tertiary/aromatic N) is 3. The first-order valence-corrected chi connectivity index (χ1v) is 6.23. The van der Waals surface area contributed by atoms with Gasteiger partial charge in [-0.1, -0.05) is 30.3 Å². The van der Waals surface area contributed by atoms with Crippen molar-refractivity contribution in [2.75, 3.05) is 0 Å². The van der Waals surface area contributed by atoms with Crippen molar-refractivity contribution in [1.82, 2.24) is 20.2 Å². The van der Waals surface area contributed by atoms with Gasteiger partial charge in [-0.2, -0.15) is 5.10 Å². The number of nitrogens with one attached hydrogen (secondary N) is 1. The number of thioether (sulfide) groups is 1. The third-order valence-electron chi connectivity index (χ3n) is 2.43. The number of rotatable bonds is 3. The number of fused-ring (bicyclic) bond motifs is 1. The molecular formula is C12H10N4S. The smallest absolute Gasteiger partial charge is 0.159 e. The van der Waals surface area contributed by atoms with Crippen LogP contribution in [0.15, 0.2) is 47.9 Å². The Morgan fingerprint density at radius 2 is 2.00 bits per heavy atom. The maximum atomic E-state index is 4.29. The Bertz CT molecular complexity index is 620. The van der Waals surface area contributed by atoms with E-state index in [4.69, 9.17) is 0 Å². The van der Waals surface area contributed by atoms with E-state index in [1.165, 1.54) is 5.56 Å². The van der Waals surface area contributed by atoms with Crippen LogP contribution >= 0.6 is 11.8 Å². The van der Waals surface area contributed by atoms with Gasteiger partial charge in [0.05, 0.1) is 11.6 Å². The number of aromatic amines is 1. The zero-order valence-electron chi connectivity index (χ0n) is 9.00. The zero-order chi connectivity index (χ0) is 11.5. The third-order valence-corrected chi connectivity index (χ3v) is 3.51. The Kier molecular flexibility index (Phi) is 2.75. The predicted molar refractivity (Wildman–Crippen MR) is 67.7 cm³/mol. The summed E-state index contributed by atoms with van der Waals surface area (Å²) in [4.78, 5) is 8.40. The lowest BCUT2D eigenvalue weighted by Crippen LogP contribution is -1.86. The van der Waals surface area contributed by atoms with Gasteiger partial charge in [0.25, 0.3) is 0 Å². The molecule has 0 saturated heterocycles. The Labute approximate surface area is 102 Å². The minimum Gasteiger partial charge on any atom is -0.261 e. The first kappa shape index (κ1) is 10.3. The Hall–Kier alpha value is -1.88. The van der Waals surface area contributed by atoms with E-state index in [0.29, 0.717) is 0 Å². The number of hydrogen-bond acceptors (Lipinski definition) is 4. The molecule has 2 aromatic heterocycles. The molecule has 84 valence electrons. The monoisotopic (exact) mass is 242 g/mol. The highest BCUT2D eigenvalue weighted by Gasteiger charge is 2.05. The average Bonchev–Trinajstić information content (AvgIpc) is 2.86. The van der Waals surface area contributed by atoms with Gasteiger partial charge in [0, 0.05) is 5.75 Å². The molecule has 4 nitrogen and oxygen atoms in total. The topological polar surface area (TPSA) is 54.5 Å². The van der Waals surface area contributed by atoms with Crippen molar-refractivity contribution in [3.63, 3.8) is 0 Å². The van der Waals surface area contributed by atoms with Crippen LogP contribution in [0, 0.1) is 0 Å². The molecule has 3 rings (SSSR count). The molecule has 0 radical (unpaired) electrons. The molecule has 0 fully saturated rings. The molecule has 0 aliphatic carbocycles. The summed E-state index contributed by atoms with van der Waals surface area (Å²) in [5.41, 5.74) is 2.07. The second kappa shape index (κ2) is 4.55. The van der Waals surface area contributed by atoms with E-state index in [2.05, 4.69) is 32.3 Å². The molecule has 0 bridgehead atoms. The second-order valence-corrected chi connectivity index (χ2v) is 4.55. The number of hydrogen-bond donors (Lipinski definition) is 1. The van der Waals surface area contributed by atoms with Crippen LogP contribution in [0.1, 0.15) is 5.56 Å². The van der Waals surface area contributed by atoms with Crippen molar-refractivity contribution in [1.29, 1.82) is 0 Å². The molecule has 1 aromatic carbocycles. The average molecular weight is 242 g/mol. The highest BCUT2D eigenvalue weighted by atomic mass is 32.2. The molecule has 3 aromatic rings. The SMILES string of the molecule is c1ccc(CSc2ncnc3[nH]ncc23)cc1. The maximum Gasteiger partial charge on any atom is 0.159 e. The molecule has 5 heteroatoms. The maximum absolute atomic E-state index is 4.29. The summed E-state index contributed by atoms with van der Waals surface area (Å²) in [7, 11) is 0. The Balaban J connectivity index is 1.84. The molecular weight excluding hydrogens is 232 g/mol. The van der Waals surface area contributed by atoms with Crippen LogP contribution < -0.4 is 0 Å². The van der Waals surface area contributed by atoms with Crippen molar-refractivity contribution in [3.05, 3.63) is 48.4 Å². The highest BCUT2D eigenvalue weighted by Crippen LogP contribution is 2.25. The summed E-state index contributed by atoms with van der Waals surface area (Å²) in [6.45, 7) is 0. The van der Waals surface area contributed by atoms with Crippen molar-refractivity contribution < 1.29 is 0 Å². The molecule has 0 saturated carbocycles. The van der Waals surface area contributed by atoms with Gasteiger partial charge in [0.2, 0.25) is 0 Å². The number of aromatic nitrogens is 4. The largest absolute Gasteiger partial charge is 0.261 e. The van der Waals surface area contributed by atoms with Crippen molar-refractivity contribution in [2.24, 2.45) is 0 Å². The van der Waals surface area contributed by atoms with Crippen molar-refractivity contribution >= 4 is 22.8 Å². The fourth-order valence-corrected chi connectivity index (χ4v) is 2.51. The highest BCUT2D eigenvalue weighted by molar-refractivity contribution is 7.98. The summed E-state index contributed by atoms with van der Waals surface area (Å²) in [5.74, 6) is 0.901. The van der Waals surface area contributed by atoms with Crippen LogP contribution in [-0.4, -0.2) is 20.2 Å². The Morgan fingerprint density at radius 3 is 2.88 bits per heavy atom. The fourth-order valence-electron chi connectivity index (χ4n) is 1.58. The van der Waals surface area contributed by atoms with E-state index < -0.39 is 0 Å². The summed E-state index contributed by atoms with van der Waals surface area (Å²) < 4.78 is 0. The normalized spacial score (nSPS) is 10.8. The molecule has 1 N–H and O–H groups in total. The van der Waals surface area contributed by atoms with Crippen LogP contribution in [0.25, 0.3) is 11.0 Å². The summed E-state index contributed by atoms with van der Waals surface area (Å²) in [6.07, 6.45) is 3.33. The zero-order valence-corrected chi connectivity index (χ0v) is 9.81. The standard InChI is InChI=1S/C12H10N4S/c1-2-4-9(5-3-1)7-17-12-10-6-15-16-11(10)13-8-14-12/h1-6,8H,7H2,(H,13,14,15,16). The van der Waals surface area contributed by atoms with E-state index in [0.717, 1.165) is 21.8 Å². The lowest BCUT2D eigenvalue weighted by atomic mass is 10.2. The van der Waals surface area contributed by atoms with Crippen LogP contribution in [-0.2, 0) is 5.75 Å². The molecule has 0 aliphatic heterocycles. The molecule has 2 heterocycles. The number of H-pyrrole nitrogens is 1. The van der Waals surface area contributed by atoms with Crippen molar-refractivity contribution in [3.8, 4) is 0 Å². The van der Waals surface area contributed by atoms with Gasteiger partial charge in [-0.25, -0.2) is 9.97 Å². The fraction of sp³-hybridized carbons (Fsp3) is 0.0833. The quantitative estimate of drug-likeness (QED) is 0.566. The molecule has 0 spiro atoms.